The third-order valence-corrected chi connectivity index (χ3v) is 12.8. The Morgan fingerprint density at radius 2 is 0.865 bits per heavy atom. The molecule has 0 radical (unpaired) electrons. The molecule has 0 saturated heterocycles. The second-order valence-electron chi connectivity index (χ2n) is 15.7. The van der Waals surface area contributed by atoms with Crippen LogP contribution >= 0.6 is 23.5 Å². The summed E-state index contributed by atoms with van der Waals surface area (Å²) in [7, 11) is 0. The molecule has 6 heteroatoms. The minimum atomic E-state index is 0.0433. The van der Waals surface area contributed by atoms with Crippen molar-refractivity contribution in [1.29, 1.82) is 0 Å². The van der Waals surface area contributed by atoms with Gasteiger partial charge in [0.25, 0.3) is 0 Å². The van der Waals surface area contributed by atoms with Gasteiger partial charge in [-0.15, -0.1) is 0 Å². The zero-order valence-electron chi connectivity index (χ0n) is 31.2. The summed E-state index contributed by atoms with van der Waals surface area (Å²) in [6, 6.07) is 39.5. The fraction of sp³-hybridized carbons (Fsp3) is 0.217. The molecule has 260 valence electrons. The van der Waals surface area contributed by atoms with Crippen LogP contribution in [0.25, 0.3) is 31.4 Å². The predicted octanol–water partition coefficient (Wildman–Crippen LogP) is 13.1. The number of aromatic nitrogens is 2. The number of thioether (sulfide) groups is 2. The first-order chi connectivity index (χ1) is 24.9. The first kappa shape index (κ1) is 34.3. The van der Waals surface area contributed by atoms with Gasteiger partial charge in [-0.25, -0.2) is 9.97 Å². The van der Waals surface area contributed by atoms with Crippen molar-refractivity contribution in [1.82, 2.24) is 9.97 Å². The summed E-state index contributed by atoms with van der Waals surface area (Å²) in [5.41, 5.74) is 7.41. The van der Waals surface area contributed by atoms with Crippen LogP contribution in [0, 0.1) is 0 Å². The number of anilines is 2. The zero-order chi connectivity index (χ0) is 36.4. The molecular weight excluding hydrogens is 673 g/mol. The van der Waals surface area contributed by atoms with Crippen molar-refractivity contribution < 1.29 is 0 Å². The van der Waals surface area contributed by atoms with E-state index in [4.69, 9.17) is 9.97 Å². The highest BCUT2D eigenvalue weighted by molar-refractivity contribution is 8.15. The summed E-state index contributed by atoms with van der Waals surface area (Å²) in [6.45, 7) is 18.1. The number of fused-ring (bicyclic) bond motifs is 2. The Bertz CT molecular complexity index is 2280. The van der Waals surface area contributed by atoms with Gasteiger partial charge in [-0.3, -0.25) is 9.80 Å². The second kappa shape index (κ2) is 13.0. The lowest BCUT2D eigenvalue weighted by Gasteiger charge is -2.28. The van der Waals surface area contributed by atoms with Crippen molar-refractivity contribution in [2.75, 3.05) is 9.80 Å². The van der Waals surface area contributed by atoms with Gasteiger partial charge in [-0.1, -0.05) is 162 Å². The van der Waals surface area contributed by atoms with Crippen LogP contribution in [0.15, 0.2) is 143 Å². The summed E-state index contributed by atoms with van der Waals surface area (Å²) < 4.78 is 0. The fourth-order valence-corrected chi connectivity index (χ4v) is 9.67. The van der Waals surface area contributed by atoms with E-state index < -0.39 is 0 Å². The Morgan fingerprint density at radius 1 is 0.481 bits per heavy atom. The summed E-state index contributed by atoms with van der Waals surface area (Å²) in [5.74, 6) is 1.87. The molecule has 6 aromatic rings. The number of rotatable bonds is 4. The van der Waals surface area contributed by atoms with Gasteiger partial charge in [0.15, 0.2) is 0 Å². The molecule has 4 heterocycles. The van der Waals surface area contributed by atoms with E-state index in [0.717, 1.165) is 43.9 Å². The van der Waals surface area contributed by atoms with Gasteiger partial charge in [0, 0.05) is 44.4 Å². The minimum Gasteiger partial charge on any atom is -0.289 e. The van der Waals surface area contributed by atoms with Crippen molar-refractivity contribution in [3.8, 4) is 0 Å². The fourth-order valence-electron chi connectivity index (χ4n) is 7.06. The Balaban J connectivity index is 1.39. The lowest BCUT2D eigenvalue weighted by Crippen LogP contribution is -2.24. The topological polar surface area (TPSA) is 32.3 Å². The molecule has 0 unspecified atom stereocenters. The Labute approximate surface area is 316 Å². The molecule has 4 aromatic carbocycles. The Morgan fingerprint density at radius 3 is 1.23 bits per heavy atom. The van der Waals surface area contributed by atoms with E-state index in [1.54, 1.807) is 0 Å². The SMILES string of the molecule is CC1=C(c2ccccc2)S/C(=C2/SC(c3ccccc3)=C(C)N2c2nccc3cc(C(C)(C)C)ccc23)N1c1nccc2cc(C(C)(C)C)ccc12. The van der Waals surface area contributed by atoms with E-state index in [0.29, 0.717) is 0 Å². The smallest absolute Gasteiger partial charge is 0.145 e. The van der Waals surface area contributed by atoms with Gasteiger partial charge in [-0.05, 0) is 69.8 Å². The predicted molar refractivity (Wildman–Crippen MR) is 226 cm³/mol. The molecule has 0 spiro atoms. The van der Waals surface area contributed by atoms with Gasteiger partial charge in [0.2, 0.25) is 0 Å². The maximum atomic E-state index is 5.14. The molecule has 2 aliphatic rings. The molecule has 2 aromatic heterocycles. The average Bonchev–Trinajstić information content (AvgIpc) is 3.66. The van der Waals surface area contributed by atoms with Crippen LogP contribution in [0.4, 0.5) is 11.6 Å². The lowest BCUT2D eigenvalue weighted by molar-refractivity contribution is 0.591. The highest BCUT2D eigenvalue weighted by Crippen LogP contribution is 2.58. The first-order valence-corrected chi connectivity index (χ1v) is 19.5. The van der Waals surface area contributed by atoms with E-state index in [1.165, 1.54) is 42.8 Å². The van der Waals surface area contributed by atoms with Crippen LogP contribution < -0.4 is 9.80 Å². The quantitative estimate of drug-likeness (QED) is 0.181. The molecule has 0 atom stereocenters. The Kier molecular flexibility index (Phi) is 8.59. The van der Waals surface area contributed by atoms with E-state index in [-0.39, 0.29) is 10.8 Å². The molecule has 0 aliphatic carbocycles. The van der Waals surface area contributed by atoms with E-state index in [1.807, 2.05) is 35.9 Å². The van der Waals surface area contributed by atoms with Crippen molar-refractivity contribution in [3.63, 3.8) is 0 Å². The van der Waals surface area contributed by atoms with Gasteiger partial charge in [-0.2, -0.15) is 0 Å². The first-order valence-electron chi connectivity index (χ1n) is 17.9. The third-order valence-electron chi connectivity index (χ3n) is 10.0. The number of hydrogen-bond donors (Lipinski definition) is 0. The minimum absolute atomic E-state index is 0.0433. The summed E-state index contributed by atoms with van der Waals surface area (Å²) >= 11 is 3.65. The third kappa shape index (κ3) is 6.02. The van der Waals surface area contributed by atoms with Crippen molar-refractivity contribution in [2.24, 2.45) is 0 Å². The molecule has 0 saturated carbocycles. The molecule has 8 rings (SSSR count). The van der Waals surface area contributed by atoms with Gasteiger partial charge >= 0.3 is 0 Å². The number of allylic oxidation sites excluding steroid dienone is 2. The van der Waals surface area contributed by atoms with Crippen LogP contribution in [0.2, 0.25) is 0 Å². The average molecular weight is 717 g/mol. The molecular formula is C46H44N4S2. The summed E-state index contributed by atoms with van der Waals surface area (Å²) in [5, 5.41) is 6.88. The molecule has 0 amide bonds. The largest absolute Gasteiger partial charge is 0.289 e. The normalized spacial score (nSPS) is 17.0. The van der Waals surface area contributed by atoms with Crippen molar-refractivity contribution in [3.05, 3.63) is 165 Å². The van der Waals surface area contributed by atoms with E-state index >= 15 is 0 Å². The highest BCUT2D eigenvalue weighted by Gasteiger charge is 2.39. The molecule has 0 bridgehead atoms. The van der Waals surface area contributed by atoms with Gasteiger partial charge in [0.1, 0.15) is 21.7 Å². The second-order valence-corrected chi connectivity index (χ2v) is 17.7. The van der Waals surface area contributed by atoms with Crippen molar-refractivity contribution >= 4 is 66.5 Å². The van der Waals surface area contributed by atoms with Crippen LogP contribution in [0.3, 0.4) is 0 Å². The monoisotopic (exact) mass is 716 g/mol. The zero-order valence-corrected chi connectivity index (χ0v) is 32.8. The van der Waals surface area contributed by atoms with Gasteiger partial charge < -0.3 is 0 Å². The maximum absolute atomic E-state index is 5.14. The molecule has 2 aliphatic heterocycles. The standard InChI is InChI=1S/C46H44N4S2/c1-29-39(31-15-11-9-12-16-31)51-43(49(29)41-37-21-19-35(45(3,4)5)27-33(37)23-25-47-41)44-50(30(2)40(52-44)32-17-13-10-14-18-32)42-38-22-20-36(46(6,7)8)28-34(38)24-26-48-42/h9-28H,1-8H3/b44-43+. The van der Waals surface area contributed by atoms with Crippen molar-refractivity contribution in [2.45, 2.75) is 66.2 Å². The molecule has 52 heavy (non-hydrogen) atoms. The number of nitrogens with zero attached hydrogens (tertiary/aromatic N) is 4. The van der Waals surface area contributed by atoms with Crippen LogP contribution in [0.5, 0.6) is 0 Å². The lowest BCUT2D eigenvalue weighted by atomic mass is 9.86. The maximum Gasteiger partial charge on any atom is 0.145 e. The van der Waals surface area contributed by atoms with E-state index in [2.05, 4.69) is 174 Å². The van der Waals surface area contributed by atoms with E-state index in [9.17, 15) is 0 Å². The van der Waals surface area contributed by atoms with Crippen LogP contribution in [0.1, 0.15) is 77.6 Å². The van der Waals surface area contributed by atoms with Crippen LogP contribution in [-0.4, -0.2) is 9.97 Å². The summed E-state index contributed by atoms with van der Waals surface area (Å²) in [6.07, 6.45) is 3.92. The number of benzene rings is 4. The highest BCUT2D eigenvalue weighted by atomic mass is 32.2. The number of pyridine rings is 2. The number of hydrogen-bond acceptors (Lipinski definition) is 6. The Hall–Kier alpha value is -4.78. The van der Waals surface area contributed by atoms with Gasteiger partial charge in [0.05, 0.1) is 0 Å². The molecule has 4 nitrogen and oxygen atoms in total. The summed E-state index contributed by atoms with van der Waals surface area (Å²) in [4.78, 5) is 17.5. The van der Waals surface area contributed by atoms with Crippen LogP contribution in [-0.2, 0) is 10.8 Å². The molecule has 0 fully saturated rings. The molecule has 0 N–H and O–H groups in total.